The van der Waals surface area contributed by atoms with E-state index in [1.807, 2.05) is 25.1 Å². The number of nitrogens with one attached hydrogen (secondary N) is 1. The number of benzene rings is 3. The lowest BCUT2D eigenvalue weighted by atomic mass is 9.98. The molecule has 0 radical (unpaired) electrons. The maximum atomic E-state index is 10.6. The number of carboxylic acid groups (broad SMARTS) is 1. The Balaban J connectivity index is 1.65. The van der Waals surface area contributed by atoms with Crippen LogP contribution in [0.5, 0.6) is 11.5 Å². The molecule has 0 aromatic heterocycles. The lowest BCUT2D eigenvalue weighted by Gasteiger charge is -2.12. The van der Waals surface area contributed by atoms with Gasteiger partial charge in [-0.1, -0.05) is 24.3 Å². The smallest absolute Gasteiger partial charge is 0.341 e. The van der Waals surface area contributed by atoms with Gasteiger partial charge < -0.3 is 19.9 Å². The van der Waals surface area contributed by atoms with E-state index in [0.29, 0.717) is 18.9 Å². The molecule has 0 atom stereocenters. The van der Waals surface area contributed by atoms with Gasteiger partial charge in [-0.05, 0) is 78.6 Å². The van der Waals surface area contributed by atoms with Crippen LogP contribution in [-0.4, -0.2) is 24.3 Å². The zero-order valence-electron chi connectivity index (χ0n) is 16.6. The molecule has 2 N–H and O–H groups in total. The lowest BCUT2D eigenvalue weighted by molar-refractivity contribution is -0.139. The molecule has 0 bridgehead atoms. The second-order valence-corrected chi connectivity index (χ2v) is 6.67. The minimum Gasteiger partial charge on any atom is -0.494 e. The van der Waals surface area contributed by atoms with Crippen LogP contribution in [0.25, 0.3) is 11.1 Å². The fraction of sp³-hybridized carbons (Fsp3) is 0.208. The van der Waals surface area contributed by atoms with Crippen LogP contribution < -0.4 is 14.8 Å². The molecule has 150 valence electrons. The molecule has 3 aromatic carbocycles. The maximum absolute atomic E-state index is 10.6. The van der Waals surface area contributed by atoms with Crippen molar-refractivity contribution >= 4 is 11.7 Å². The highest BCUT2D eigenvalue weighted by Crippen LogP contribution is 2.28. The third kappa shape index (κ3) is 5.75. The summed E-state index contributed by atoms with van der Waals surface area (Å²) in [5.41, 5.74) is 5.65. The summed E-state index contributed by atoms with van der Waals surface area (Å²) in [6, 6.07) is 21.9. The van der Waals surface area contributed by atoms with Gasteiger partial charge in [0.2, 0.25) is 0 Å². The predicted molar refractivity (Wildman–Crippen MR) is 115 cm³/mol. The molecule has 5 nitrogen and oxygen atoms in total. The zero-order valence-corrected chi connectivity index (χ0v) is 16.6. The lowest BCUT2D eigenvalue weighted by Crippen LogP contribution is -2.09. The number of hydrogen-bond donors (Lipinski definition) is 2. The summed E-state index contributed by atoms with van der Waals surface area (Å²) in [6.45, 7) is 5.07. The Bertz CT molecular complexity index is 967. The Morgan fingerprint density at radius 1 is 0.966 bits per heavy atom. The van der Waals surface area contributed by atoms with Crippen LogP contribution >= 0.6 is 0 Å². The van der Waals surface area contributed by atoms with Gasteiger partial charge in [-0.15, -0.1) is 0 Å². The van der Waals surface area contributed by atoms with Gasteiger partial charge >= 0.3 is 5.97 Å². The van der Waals surface area contributed by atoms with Crippen LogP contribution in [0.1, 0.15) is 18.1 Å². The molecule has 0 heterocycles. The maximum Gasteiger partial charge on any atom is 0.341 e. The minimum atomic E-state index is -0.991. The minimum absolute atomic E-state index is 0.343. The summed E-state index contributed by atoms with van der Waals surface area (Å²) in [4.78, 5) is 10.6. The largest absolute Gasteiger partial charge is 0.494 e. The van der Waals surface area contributed by atoms with Gasteiger partial charge in [0.15, 0.2) is 6.61 Å². The molecule has 5 heteroatoms. The molecule has 0 spiro atoms. The van der Waals surface area contributed by atoms with E-state index in [1.165, 1.54) is 22.3 Å². The normalized spacial score (nSPS) is 10.4. The van der Waals surface area contributed by atoms with E-state index >= 15 is 0 Å². The van der Waals surface area contributed by atoms with Gasteiger partial charge in [0.1, 0.15) is 11.5 Å². The van der Waals surface area contributed by atoms with Crippen molar-refractivity contribution in [3.8, 4) is 22.6 Å². The molecule has 3 rings (SSSR count). The number of aliphatic carboxylic acids is 1. The van der Waals surface area contributed by atoms with Crippen molar-refractivity contribution in [2.24, 2.45) is 0 Å². The first kappa shape index (κ1) is 20.3. The average molecular weight is 391 g/mol. The number of hydrogen-bond acceptors (Lipinski definition) is 4. The Morgan fingerprint density at radius 2 is 1.72 bits per heavy atom. The Labute approximate surface area is 170 Å². The monoisotopic (exact) mass is 391 g/mol. The fourth-order valence-electron chi connectivity index (χ4n) is 3.08. The summed E-state index contributed by atoms with van der Waals surface area (Å²) in [7, 11) is 0. The van der Waals surface area contributed by atoms with Crippen molar-refractivity contribution in [1.29, 1.82) is 0 Å². The van der Waals surface area contributed by atoms with Gasteiger partial charge in [0.05, 0.1) is 6.61 Å². The van der Waals surface area contributed by atoms with E-state index in [1.54, 1.807) is 12.1 Å². The first-order chi connectivity index (χ1) is 14.0. The Hall–Kier alpha value is -3.47. The summed E-state index contributed by atoms with van der Waals surface area (Å²) in [5.74, 6) is 0.433. The standard InChI is InChI=1S/C24H25NO4/c1-3-28-22-11-12-23(17(2)13-22)19-6-4-5-18(14-19)15-25-20-7-9-21(10-8-20)29-16-24(26)27/h4-14,25H,3,15-16H2,1-2H3,(H,26,27). The van der Waals surface area contributed by atoms with Crippen LogP contribution in [-0.2, 0) is 11.3 Å². The van der Waals surface area contributed by atoms with E-state index in [2.05, 4.69) is 48.6 Å². The molecule has 0 saturated heterocycles. The van der Waals surface area contributed by atoms with Gasteiger partial charge in [-0.2, -0.15) is 0 Å². The van der Waals surface area contributed by atoms with E-state index < -0.39 is 5.97 Å². The number of anilines is 1. The molecule has 0 aliphatic carbocycles. The van der Waals surface area contributed by atoms with Crippen LogP contribution in [0.3, 0.4) is 0 Å². The molecule has 0 fully saturated rings. The summed E-state index contributed by atoms with van der Waals surface area (Å²) in [6.07, 6.45) is 0. The molecule has 3 aromatic rings. The Kier molecular flexibility index (Phi) is 6.74. The molecular weight excluding hydrogens is 366 g/mol. The first-order valence-corrected chi connectivity index (χ1v) is 9.56. The molecular formula is C24H25NO4. The molecule has 29 heavy (non-hydrogen) atoms. The van der Waals surface area contributed by atoms with Crippen molar-refractivity contribution in [3.05, 3.63) is 77.9 Å². The first-order valence-electron chi connectivity index (χ1n) is 9.56. The predicted octanol–water partition coefficient (Wildman–Crippen LogP) is 5.14. The molecule has 0 saturated carbocycles. The van der Waals surface area contributed by atoms with Gasteiger partial charge in [0, 0.05) is 12.2 Å². The van der Waals surface area contributed by atoms with E-state index in [4.69, 9.17) is 14.6 Å². The van der Waals surface area contributed by atoms with Crippen LogP contribution in [0.15, 0.2) is 66.7 Å². The summed E-state index contributed by atoms with van der Waals surface area (Å²) < 4.78 is 10.7. The summed E-state index contributed by atoms with van der Waals surface area (Å²) >= 11 is 0. The van der Waals surface area contributed by atoms with Gasteiger partial charge in [-0.25, -0.2) is 4.79 Å². The third-order valence-electron chi connectivity index (χ3n) is 4.46. The fourth-order valence-corrected chi connectivity index (χ4v) is 3.08. The van der Waals surface area contributed by atoms with Crippen molar-refractivity contribution in [2.75, 3.05) is 18.5 Å². The topological polar surface area (TPSA) is 67.8 Å². The Morgan fingerprint density at radius 3 is 2.41 bits per heavy atom. The number of ether oxygens (including phenoxy) is 2. The van der Waals surface area contributed by atoms with Crippen molar-refractivity contribution in [1.82, 2.24) is 0 Å². The van der Waals surface area contributed by atoms with Crippen LogP contribution in [0.2, 0.25) is 0 Å². The van der Waals surface area contributed by atoms with Crippen molar-refractivity contribution < 1.29 is 19.4 Å². The second-order valence-electron chi connectivity index (χ2n) is 6.67. The molecule has 0 aliphatic heterocycles. The van der Waals surface area contributed by atoms with Gasteiger partial charge in [0.25, 0.3) is 0 Å². The number of carbonyl (C=O) groups is 1. The quantitative estimate of drug-likeness (QED) is 0.529. The highest BCUT2D eigenvalue weighted by atomic mass is 16.5. The van der Waals surface area contributed by atoms with E-state index in [-0.39, 0.29) is 6.61 Å². The highest BCUT2D eigenvalue weighted by Gasteiger charge is 2.05. The molecule has 0 amide bonds. The van der Waals surface area contributed by atoms with E-state index in [0.717, 1.165) is 11.4 Å². The molecule has 0 unspecified atom stereocenters. The number of rotatable bonds is 9. The van der Waals surface area contributed by atoms with Crippen molar-refractivity contribution in [3.63, 3.8) is 0 Å². The number of carboxylic acids is 1. The van der Waals surface area contributed by atoms with Gasteiger partial charge in [-0.3, -0.25) is 0 Å². The third-order valence-corrected chi connectivity index (χ3v) is 4.46. The highest BCUT2D eigenvalue weighted by molar-refractivity contribution is 5.69. The van der Waals surface area contributed by atoms with Crippen LogP contribution in [0.4, 0.5) is 5.69 Å². The zero-order chi connectivity index (χ0) is 20.6. The SMILES string of the molecule is CCOc1ccc(-c2cccc(CNc3ccc(OCC(=O)O)cc3)c2)c(C)c1. The van der Waals surface area contributed by atoms with E-state index in [9.17, 15) is 4.79 Å². The molecule has 0 aliphatic rings. The number of aryl methyl sites for hydroxylation is 1. The second kappa shape index (κ2) is 9.64. The average Bonchev–Trinajstić information content (AvgIpc) is 2.72. The summed E-state index contributed by atoms with van der Waals surface area (Å²) in [5, 5.41) is 12.0. The van der Waals surface area contributed by atoms with Crippen LogP contribution in [0, 0.1) is 6.92 Å². The van der Waals surface area contributed by atoms with Crippen molar-refractivity contribution in [2.45, 2.75) is 20.4 Å².